The van der Waals surface area contributed by atoms with Crippen LogP contribution < -0.4 is 0 Å². The van der Waals surface area contributed by atoms with Crippen molar-refractivity contribution in [1.82, 2.24) is 0 Å². The fourth-order valence-corrected chi connectivity index (χ4v) is 5.29. The Labute approximate surface area is 205 Å². The second kappa shape index (κ2) is 13.3. The van der Waals surface area contributed by atoms with Crippen LogP contribution in [0.2, 0.25) is 0 Å². The van der Waals surface area contributed by atoms with Gasteiger partial charge in [0.2, 0.25) is 0 Å². The molecule has 0 saturated heterocycles. The summed E-state index contributed by atoms with van der Waals surface area (Å²) in [4.78, 5) is 25.4. The van der Waals surface area contributed by atoms with Crippen LogP contribution in [0, 0.1) is 5.92 Å². The summed E-state index contributed by atoms with van der Waals surface area (Å²) < 4.78 is 10.7. The molecular formula is C30H40O4. The molecule has 1 fully saturated rings. The van der Waals surface area contributed by atoms with Crippen molar-refractivity contribution < 1.29 is 19.1 Å². The van der Waals surface area contributed by atoms with Crippen LogP contribution in [0.25, 0.3) is 0 Å². The molecule has 2 aromatic carbocycles. The van der Waals surface area contributed by atoms with Gasteiger partial charge >= 0.3 is 11.9 Å². The summed E-state index contributed by atoms with van der Waals surface area (Å²) in [6, 6.07) is 16.4. The van der Waals surface area contributed by atoms with Crippen molar-refractivity contribution in [2.75, 3.05) is 13.2 Å². The van der Waals surface area contributed by atoms with Crippen molar-refractivity contribution in [2.24, 2.45) is 5.92 Å². The van der Waals surface area contributed by atoms with Crippen LogP contribution in [0.1, 0.15) is 93.4 Å². The van der Waals surface area contributed by atoms with E-state index in [4.69, 9.17) is 9.47 Å². The molecule has 0 N–H and O–H groups in total. The molecule has 3 rings (SSSR count). The van der Waals surface area contributed by atoms with E-state index >= 15 is 0 Å². The minimum Gasteiger partial charge on any atom is -0.466 e. The van der Waals surface area contributed by atoms with Gasteiger partial charge in [0.1, 0.15) is 0 Å². The van der Waals surface area contributed by atoms with E-state index in [1.165, 1.54) is 31.2 Å². The number of carbonyl (C=O) groups is 2. The van der Waals surface area contributed by atoms with Crippen molar-refractivity contribution in [3.05, 3.63) is 70.8 Å². The minimum atomic E-state index is -0.403. The fourth-order valence-electron chi connectivity index (χ4n) is 5.29. The highest BCUT2D eigenvalue weighted by Crippen LogP contribution is 2.39. The Balaban J connectivity index is 1.94. The summed E-state index contributed by atoms with van der Waals surface area (Å²) in [6.45, 7) is 6.65. The topological polar surface area (TPSA) is 52.6 Å². The molecule has 4 heteroatoms. The summed E-state index contributed by atoms with van der Waals surface area (Å²) >= 11 is 0. The normalized spacial score (nSPS) is 18.8. The summed E-state index contributed by atoms with van der Waals surface area (Å²) in [5.41, 5.74) is 4.20. The first kappa shape index (κ1) is 26.0. The van der Waals surface area contributed by atoms with Gasteiger partial charge in [0, 0.05) is 0 Å². The Bertz CT molecular complexity index is 913. The molecule has 4 nitrogen and oxygen atoms in total. The zero-order valence-corrected chi connectivity index (χ0v) is 21.1. The lowest BCUT2D eigenvalue weighted by atomic mass is 9.76. The molecule has 0 bridgehead atoms. The molecule has 1 atom stereocenters. The second-order valence-corrected chi connectivity index (χ2v) is 9.49. The average molecular weight is 465 g/mol. The maximum absolute atomic E-state index is 13.1. The lowest BCUT2D eigenvalue weighted by molar-refractivity contribution is -0.145. The lowest BCUT2D eigenvalue weighted by Gasteiger charge is -2.29. The van der Waals surface area contributed by atoms with E-state index in [0.29, 0.717) is 25.6 Å². The maximum atomic E-state index is 13.1. The molecule has 184 valence electrons. The number of ether oxygens (including phenoxy) is 2. The summed E-state index contributed by atoms with van der Waals surface area (Å²) in [7, 11) is 0. The van der Waals surface area contributed by atoms with Crippen molar-refractivity contribution in [2.45, 2.75) is 84.0 Å². The number of rotatable bonds is 11. The van der Waals surface area contributed by atoms with Crippen LogP contribution in [-0.2, 0) is 31.9 Å². The molecule has 2 aromatic rings. The minimum absolute atomic E-state index is 0.211. The van der Waals surface area contributed by atoms with Crippen LogP contribution in [0.4, 0.5) is 0 Å². The molecule has 34 heavy (non-hydrogen) atoms. The molecule has 1 aliphatic carbocycles. The molecule has 0 radical (unpaired) electrons. The largest absolute Gasteiger partial charge is 0.466 e. The van der Waals surface area contributed by atoms with Gasteiger partial charge in [-0.2, -0.15) is 0 Å². The molecule has 1 saturated carbocycles. The van der Waals surface area contributed by atoms with Crippen LogP contribution in [-0.4, -0.2) is 25.2 Å². The van der Waals surface area contributed by atoms with Gasteiger partial charge in [0.25, 0.3) is 0 Å². The molecular weight excluding hydrogens is 424 g/mol. The van der Waals surface area contributed by atoms with Gasteiger partial charge in [-0.25, -0.2) is 0 Å². The molecule has 0 amide bonds. The van der Waals surface area contributed by atoms with Gasteiger partial charge in [0.15, 0.2) is 0 Å². The smallest absolute Gasteiger partial charge is 0.313 e. The SMILES string of the molecule is CCCC1CCC(c2cc(CC(=O)OCC)cc(C(Cc3ccccc3)C(=O)OCC)c2)CC1. The van der Waals surface area contributed by atoms with E-state index in [1.54, 1.807) is 0 Å². The third-order valence-corrected chi connectivity index (χ3v) is 6.96. The van der Waals surface area contributed by atoms with Crippen LogP contribution >= 0.6 is 0 Å². The highest BCUT2D eigenvalue weighted by atomic mass is 16.5. The number of hydrogen-bond donors (Lipinski definition) is 0. The zero-order valence-electron chi connectivity index (χ0n) is 21.1. The van der Waals surface area contributed by atoms with Crippen LogP contribution in [0.5, 0.6) is 0 Å². The van der Waals surface area contributed by atoms with E-state index in [9.17, 15) is 9.59 Å². The second-order valence-electron chi connectivity index (χ2n) is 9.49. The number of benzene rings is 2. The van der Waals surface area contributed by atoms with Gasteiger partial charge in [-0.1, -0.05) is 68.3 Å². The number of hydrogen-bond acceptors (Lipinski definition) is 4. The van der Waals surface area contributed by atoms with E-state index in [2.05, 4.69) is 19.1 Å². The predicted molar refractivity (Wildman–Crippen MR) is 136 cm³/mol. The quantitative estimate of drug-likeness (QED) is 0.345. The number of carbonyl (C=O) groups excluding carboxylic acids is 2. The zero-order chi connectivity index (χ0) is 24.3. The molecule has 0 aliphatic heterocycles. The Morgan fingerprint density at radius 1 is 0.882 bits per heavy atom. The van der Waals surface area contributed by atoms with Gasteiger partial charge in [0.05, 0.1) is 25.6 Å². The predicted octanol–water partition coefficient (Wildman–Crippen LogP) is 6.76. The Kier molecular flexibility index (Phi) is 10.2. The highest BCUT2D eigenvalue weighted by molar-refractivity contribution is 5.79. The molecule has 1 unspecified atom stereocenters. The van der Waals surface area contributed by atoms with Gasteiger partial charge in [-0.05, 0) is 80.0 Å². The maximum Gasteiger partial charge on any atom is 0.313 e. The first-order chi connectivity index (χ1) is 16.5. The third kappa shape index (κ3) is 7.44. The Morgan fingerprint density at radius 2 is 1.59 bits per heavy atom. The standard InChI is InChI=1S/C30H40O4/c1-4-10-22-13-15-25(16-14-22)26-17-24(20-29(31)33-5-2)18-27(21-26)28(30(32)34-6-3)19-23-11-8-7-9-12-23/h7-9,11-12,17-18,21-22,25,28H,4-6,10,13-16,19-20H2,1-3H3. The average Bonchev–Trinajstić information content (AvgIpc) is 2.84. The summed E-state index contributed by atoms with van der Waals surface area (Å²) in [5.74, 6) is 0.451. The monoisotopic (exact) mass is 464 g/mol. The summed E-state index contributed by atoms with van der Waals surface area (Å²) in [6.07, 6.45) is 8.18. The van der Waals surface area contributed by atoms with E-state index in [-0.39, 0.29) is 18.4 Å². The first-order valence-electron chi connectivity index (χ1n) is 13.0. The summed E-state index contributed by atoms with van der Waals surface area (Å²) in [5, 5.41) is 0. The molecule has 0 aromatic heterocycles. The van der Waals surface area contributed by atoms with E-state index in [1.807, 2.05) is 50.2 Å². The van der Waals surface area contributed by atoms with Crippen LogP contribution in [0.3, 0.4) is 0 Å². The van der Waals surface area contributed by atoms with Gasteiger partial charge in [-0.15, -0.1) is 0 Å². The van der Waals surface area contributed by atoms with Gasteiger partial charge in [-0.3, -0.25) is 9.59 Å². The van der Waals surface area contributed by atoms with E-state index < -0.39 is 5.92 Å². The highest BCUT2D eigenvalue weighted by Gasteiger charge is 2.27. The van der Waals surface area contributed by atoms with Crippen molar-refractivity contribution in [3.63, 3.8) is 0 Å². The van der Waals surface area contributed by atoms with Crippen molar-refractivity contribution in [1.29, 1.82) is 0 Å². The lowest BCUT2D eigenvalue weighted by Crippen LogP contribution is -2.20. The Morgan fingerprint density at radius 3 is 2.24 bits per heavy atom. The molecule has 1 aliphatic rings. The van der Waals surface area contributed by atoms with E-state index in [0.717, 1.165) is 35.4 Å². The Hall–Kier alpha value is -2.62. The fraction of sp³-hybridized carbons (Fsp3) is 0.533. The van der Waals surface area contributed by atoms with Crippen molar-refractivity contribution in [3.8, 4) is 0 Å². The molecule has 0 spiro atoms. The van der Waals surface area contributed by atoms with Crippen LogP contribution in [0.15, 0.2) is 48.5 Å². The molecule has 0 heterocycles. The van der Waals surface area contributed by atoms with Gasteiger partial charge < -0.3 is 9.47 Å². The van der Waals surface area contributed by atoms with Crippen molar-refractivity contribution >= 4 is 11.9 Å². The number of esters is 2. The third-order valence-electron chi connectivity index (χ3n) is 6.96. The first-order valence-corrected chi connectivity index (χ1v) is 13.0.